The number of rotatable bonds is 3. The first kappa shape index (κ1) is 22.1. The van der Waals surface area contributed by atoms with Crippen molar-refractivity contribution in [3.63, 3.8) is 0 Å². The Labute approximate surface area is 181 Å². The van der Waals surface area contributed by atoms with Gasteiger partial charge in [0.25, 0.3) is 0 Å². The van der Waals surface area contributed by atoms with Gasteiger partial charge in [-0.1, -0.05) is 25.1 Å². The van der Waals surface area contributed by atoms with Crippen LogP contribution in [0, 0.1) is 0 Å². The van der Waals surface area contributed by atoms with Gasteiger partial charge in [0.1, 0.15) is 11.9 Å². The summed E-state index contributed by atoms with van der Waals surface area (Å²) >= 11 is 0. The van der Waals surface area contributed by atoms with E-state index in [1.165, 1.54) is 11.8 Å². The standard InChI is InChI=1S/C23H36N2O4S/c1-3-18-15-25-14-6-8-21(24-30(2,26)27)22(25)16-28-19-12-10-17(11-13-19)20-7-4-5-9-23(20)29-18/h4-5,7,9,17-19,21-22,24H,3,6,8,10-16H2,1-2H3/t17?,18-,19?,21?,22?/m0/s1. The van der Waals surface area contributed by atoms with Crippen LogP contribution >= 0.6 is 0 Å². The Bertz CT molecular complexity index is 807. The van der Waals surface area contributed by atoms with Gasteiger partial charge in [0.05, 0.1) is 19.0 Å². The Morgan fingerprint density at radius 1 is 1.13 bits per heavy atom. The van der Waals surface area contributed by atoms with Crippen LogP contribution in [-0.2, 0) is 14.8 Å². The van der Waals surface area contributed by atoms with Gasteiger partial charge < -0.3 is 9.47 Å². The van der Waals surface area contributed by atoms with E-state index in [2.05, 4.69) is 40.8 Å². The molecule has 6 nitrogen and oxygen atoms in total. The molecule has 2 fully saturated rings. The summed E-state index contributed by atoms with van der Waals surface area (Å²) in [6.07, 6.45) is 8.65. The Balaban J connectivity index is 1.62. The number of benzene rings is 1. The second kappa shape index (κ2) is 9.55. The predicted octanol–water partition coefficient (Wildman–Crippen LogP) is 3.28. The van der Waals surface area contributed by atoms with Crippen molar-refractivity contribution in [1.82, 2.24) is 9.62 Å². The molecule has 2 unspecified atom stereocenters. The van der Waals surface area contributed by atoms with Crippen LogP contribution < -0.4 is 9.46 Å². The maximum Gasteiger partial charge on any atom is 0.209 e. The van der Waals surface area contributed by atoms with Gasteiger partial charge in [0.15, 0.2) is 0 Å². The van der Waals surface area contributed by atoms with Gasteiger partial charge in [-0.2, -0.15) is 0 Å². The number of fused-ring (bicyclic) bond motifs is 5. The predicted molar refractivity (Wildman–Crippen MR) is 118 cm³/mol. The van der Waals surface area contributed by atoms with Crippen molar-refractivity contribution >= 4 is 10.0 Å². The van der Waals surface area contributed by atoms with Crippen LogP contribution in [0.4, 0.5) is 0 Å². The Hall–Kier alpha value is -1.15. The molecule has 2 bridgehead atoms. The van der Waals surface area contributed by atoms with Crippen molar-refractivity contribution in [2.45, 2.75) is 82.1 Å². The average molecular weight is 437 g/mol. The molecule has 1 saturated heterocycles. The Morgan fingerprint density at radius 3 is 2.63 bits per heavy atom. The number of sulfonamides is 1. The van der Waals surface area contributed by atoms with E-state index < -0.39 is 10.0 Å². The molecule has 1 N–H and O–H groups in total. The molecule has 1 aromatic rings. The van der Waals surface area contributed by atoms with Gasteiger partial charge in [-0.3, -0.25) is 4.90 Å². The lowest BCUT2D eigenvalue weighted by Crippen LogP contribution is -2.59. The minimum Gasteiger partial charge on any atom is -0.489 e. The minimum atomic E-state index is -3.26. The SMILES string of the molecule is CC[C@H]1CN2CCCC(NS(C)(=O)=O)C2COC2CCC(CC2)c2ccccc2O1. The molecule has 0 amide bonds. The molecule has 3 aliphatic heterocycles. The molecule has 4 aliphatic rings. The molecule has 1 aromatic carbocycles. The van der Waals surface area contributed by atoms with E-state index >= 15 is 0 Å². The number of hydrogen-bond acceptors (Lipinski definition) is 5. The van der Waals surface area contributed by atoms with Crippen LogP contribution in [0.25, 0.3) is 0 Å². The molecule has 3 heterocycles. The van der Waals surface area contributed by atoms with Crippen molar-refractivity contribution < 1.29 is 17.9 Å². The van der Waals surface area contributed by atoms with Crippen LogP contribution in [-0.4, -0.2) is 63.6 Å². The van der Waals surface area contributed by atoms with Crippen molar-refractivity contribution in [2.24, 2.45) is 0 Å². The largest absolute Gasteiger partial charge is 0.489 e. The van der Waals surface area contributed by atoms with Gasteiger partial charge in [-0.05, 0) is 69.0 Å². The van der Waals surface area contributed by atoms with Crippen LogP contribution in [0.2, 0.25) is 0 Å². The van der Waals surface area contributed by atoms with E-state index in [4.69, 9.17) is 9.47 Å². The molecular weight excluding hydrogens is 400 g/mol. The number of ether oxygens (including phenoxy) is 2. The van der Waals surface area contributed by atoms with Gasteiger partial charge in [0.2, 0.25) is 10.0 Å². The third kappa shape index (κ3) is 5.36. The maximum absolute atomic E-state index is 12.0. The average Bonchev–Trinajstić information content (AvgIpc) is 2.74. The van der Waals surface area contributed by atoms with Crippen LogP contribution in [0.1, 0.15) is 63.4 Å². The fourth-order valence-electron chi connectivity index (χ4n) is 5.38. The van der Waals surface area contributed by atoms with Gasteiger partial charge >= 0.3 is 0 Å². The van der Waals surface area contributed by atoms with Crippen molar-refractivity contribution in [3.05, 3.63) is 29.8 Å². The third-order valence-electron chi connectivity index (χ3n) is 6.98. The van der Waals surface area contributed by atoms with Crippen LogP contribution in [0.3, 0.4) is 0 Å². The molecule has 3 atom stereocenters. The summed E-state index contributed by atoms with van der Waals surface area (Å²) in [6, 6.07) is 8.45. The fourth-order valence-corrected chi connectivity index (χ4v) is 6.20. The first-order valence-electron chi connectivity index (χ1n) is 11.5. The summed E-state index contributed by atoms with van der Waals surface area (Å²) in [4.78, 5) is 2.40. The number of piperidine rings is 1. The number of hydrogen-bond donors (Lipinski definition) is 1. The van der Waals surface area contributed by atoms with E-state index in [0.29, 0.717) is 12.5 Å². The fraction of sp³-hybridized carbons (Fsp3) is 0.739. The molecule has 0 aromatic heterocycles. The molecule has 5 rings (SSSR count). The number of para-hydroxylation sites is 1. The molecule has 30 heavy (non-hydrogen) atoms. The quantitative estimate of drug-likeness (QED) is 0.788. The highest BCUT2D eigenvalue weighted by Crippen LogP contribution is 2.39. The maximum atomic E-state index is 12.0. The summed E-state index contributed by atoms with van der Waals surface area (Å²) in [7, 11) is -3.26. The summed E-state index contributed by atoms with van der Waals surface area (Å²) in [5.74, 6) is 1.55. The van der Waals surface area contributed by atoms with E-state index in [0.717, 1.165) is 63.8 Å². The number of nitrogens with one attached hydrogen (secondary N) is 1. The zero-order valence-corrected chi connectivity index (χ0v) is 19.1. The highest BCUT2D eigenvalue weighted by Gasteiger charge is 2.36. The highest BCUT2D eigenvalue weighted by atomic mass is 32.2. The van der Waals surface area contributed by atoms with E-state index in [-0.39, 0.29) is 24.3 Å². The summed E-state index contributed by atoms with van der Waals surface area (Å²) < 4.78 is 39.8. The molecule has 1 aliphatic carbocycles. The Morgan fingerprint density at radius 2 is 1.90 bits per heavy atom. The lowest BCUT2D eigenvalue weighted by molar-refractivity contribution is -0.0335. The van der Waals surface area contributed by atoms with Gasteiger partial charge in [-0.25, -0.2) is 13.1 Å². The highest BCUT2D eigenvalue weighted by molar-refractivity contribution is 7.88. The Kier molecular flexibility index (Phi) is 7.02. The van der Waals surface area contributed by atoms with E-state index in [1.807, 2.05) is 0 Å². The molecule has 1 saturated carbocycles. The lowest BCUT2D eigenvalue weighted by atomic mass is 9.82. The third-order valence-corrected chi connectivity index (χ3v) is 7.71. The second-order valence-electron chi connectivity index (χ2n) is 9.19. The monoisotopic (exact) mass is 436 g/mol. The van der Waals surface area contributed by atoms with Crippen LogP contribution in [0.15, 0.2) is 24.3 Å². The van der Waals surface area contributed by atoms with Crippen molar-refractivity contribution in [1.29, 1.82) is 0 Å². The first-order valence-corrected chi connectivity index (χ1v) is 13.4. The lowest BCUT2D eigenvalue weighted by Gasteiger charge is -2.43. The zero-order valence-electron chi connectivity index (χ0n) is 18.3. The van der Waals surface area contributed by atoms with Crippen molar-refractivity contribution in [3.8, 4) is 5.75 Å². The molecule has 168 valence electrons. The first-order chi connectivity index (χ1) is 14.4. The smallest absolute Gasteiger partial charge is 0.209 e. The van der Waals surface area contributed by atoms with Gasteiger partial charge in [-0.15, -0.1) is 0 Å². The van der Waals surface area contributed by atoms with Crippen LogP contribution in [0.5, 0.6) is 5.75 Å². The normalized spacial score (nSPS) is 33.3. The summed E-state index contributed by atoms with van der Waals surface area (Å²) in [5.41, 5.74) is 1.33. The molecule has 0 radical (unpaired) electrons. The molecular formula is C23H36N2O4S. The number of nitrogens with zero attached hydrogens (tertiary/aromatic N) is 1. The summed E-state index contributed by atoms with van der Waals surface area (Å²) in [6.45, 7) is 4.48. The minimum absolute atomic E-state index is 0.0415. The topological polar surface area (TPSA) is 67.9 Å². The van der Waals surface area contributed by atoms with Gasteiger partial charge in [0, 0.05) is 18.6 Å². The molecule has 7 heteroatoms. The van der Waals surface area contributed by atoms with E-state index in [9.17, 15) is 8.42 Å². The molecule has 0 spiro atoms. The summed E-state index contributed by atoms with van der Waals surface area (Å²) in [5, 5.41) is 0. The van der Waals surface area contributed by atoms with Crippen molar-refractivity contribution in [2.75, 3.05) is 26.0 Å². The van der Waals surface area contributed by atoms with E-state index in [1.54, 1.807) is 0 Å². The second-order valence-corrected chi connectivity index (χ2v) is 11.0. The zero-order chi connectivity index (χ0) is 21.1.